The van der Waals surface area contributed by atoms with Crippen molar-refractivity contribution in [1.29, 1.82) is 0 Å². The molecule has 2 aliphatic heterocycles. The number of rotatable bonds is 1. The Morgan fingerprint density at radius 1 is 1.43 bits per heavy atom. The maximum atomic E-state index is 11.6. The summed E-state index contributed by atoms with van der Waals surface area (Å²) in [6.07, 6.45) is 0.795. The topological polar surface area (TPSA) is 50.8 Å². The van der Waals surface area contributed by atoms with Crippen LogP contribution in [0, 0.1) is 0 Å². The molecule has 2 fully saturated rings. The number of nitrogens with one attached hydrogen (secondary N) is 1. The normalized spacial score (nSPS) is 27.7. The molecule has 5 nitrogen and oxygen atoms in total. The summed E-state index contributed by atoms with van der Waals surface area (Å²) >= 11 is 0. The van der Waals surface area contributed by atoms with Crippen molar-refractivity contribution in [2.75, 3.05) is 39.4 Å². The number of carbonyl (C=O) groups excluding carboxylic acids is 1. The average Bonchev–Trinajstić information content (AvgIpc) is 2.72. The minimum absolute atomic E-state index is 0.0605. The first kappa shape index (κ1) is 9.73. The van der Waals surface area contributed by atoms with E-state index in [0.717, 1.165) is 19.5 Å². The van der Waals surface area contributed by atoms with Crippen molar-refractivity contribution in [3.63, 3.8) is 0 Å². The molecule has 2 aliphatic rings. The second-order valence-corrected chi connectivity index (χ2v) is 3.60. The van der Waals surface area contributed by atoms with Gasteiger partial charge in [-0.1, -0.05) is 0 Å². The highest BCUT2D eigenvalue weighted by molar-refractivity contribution is 5.67. The van der Waals surface area contributed by atoms with Gasteiger partial charge in [0.15, 0.2) is 0 Å². The van der Waals surface area contributed by atoms with Gasteiger partial charge in [0.25, 0.3) is 0 Å². The number of amides is 1. The minimum atomic E-state index is -0.193. The summed E-state index contributed by atoms with van der Waals surface area (Å²) in [6, 6.07) is 0. The van der Waals surface area contributed by atoms with Gasteiger partial charge in [-0.25, -0.2) is 4.79 Å². The van der Waals surface area contributed by atoms with Crippen LogP contribution in [-0.4, -0.2) is 56.5 Å². The summed E-state index contributed by atoms with van der Waals surface area (Å²) in [4.78, 5) is 13.3. The highest BCUT2D eigenvalue weighted by Gasteiger charge is 2.23. The highest BCUT2D eigenvalue weighted by atomic mass is 16.6. The van der Waals surface area contributed by atoms with Crippen LogP contribution in [0.3, 0.4) is 0 Å². The zero-order chi connectivity index (χ0) is 9.80. The Kier molecular flexibility index (Phi) is 3.21. The van der Waals surface area contributed by atoms with E-state index in [1.807, 2.05) is 0 Å². The Balaban J connectivity index is 1.75. The third kappa shape index (κ3) is 2.36. The molecule has 0 unspecified atom stereocenters. The molecule has 0 aliphatic carbocycles. The van der Waals surface area contributed by atoms with Crippen molar-refractivity contribution in [2.45, 2.75) is 12.5 Å². The van der Waals surface area contributed by atoms with Crippen LogP contribution in [0.15, 0.2) is 0 Å². The molecule has 5 heteroatoms. The predicted octanol–water partition coefficient (Wildman–Crippen LogP) is -0.183. The van der Waals surface area contributed by atoms with E-state index < -0.39 is 0 Å². The zero-order valence-corrected chi connectivity index (χ0v) is 8.20. The molecule has 1 N–H and O–H groups in total. The van der Waals surface area contributed by atoms with Crippen molar-refractivity contribution < 1.29 is 14.3 Å². The van der Waals surface area contributed by atoms with Crippen LogP contribution in [-0.2, 0) is 9.47 Å². The molecular formula is C9H16N2O3. The smallest absolute Gasteiger partial charge is 0.410 e. The zero-order valence-electron chi connectivity index (χ0n) is 8.20. The van der Waals surface area contributed by atoms with Crippen LogP contribution in [0.1, 0.15) is 6.42 Å². The van der Waals surface area contributed by atoms with E-state index in [-0.39, 0.29) is 12.2 Å². The number of morpholine rings is 1. The van der Waals surface area contributed by atoms with Gasteiger partial charge in [-0.05, 0) is 13.0 Å². The molecule has 1 atom stereocenters. The van der Waals surface area contributed by atoms with Gasteiger partial charge in [-0.3, -0.25) is 0 Å². The number of carbonyl (C=O) groups is 1. The third-order valence-corrected chi connectivity index (χ3v) is 2.55. The molecule has 2 rings (SSSR count). The lowest BCUT2D eigenvalue weighted by Crippen LogP contribution is -2.42. The van der Waals surface area contributed by atoms with Crippen LogP contribution >= 0.6 is 0 Å². The van der Waals surface area contributed by atoms with Gasteiger partial charge in [-0.15, -0.1) is 0 Å². The Morgan fingerprint density at radius 3 is 2.86 bits per heavy atom. The summed E-state index contributed by atoms with van der Waals surface area (Å²) in [7, 11) is 0. The largest absolute Gasteiger partial charge is 0.445 e. The molecule has 80 valence electrons. The van der Waals surface area contributed by atoms with E-state index >= 15 is 0 Å². The molecule has 0 aromatic carbocycles. The summed E-state index contributed by atoms with van der Waals surface area (Å²) < 4.78 is 10.5. The fourth-order valence-corrected chi connectivity index (χ4v) is 1.69. The highest BCUT2D eigenvalue weighted by Crippen LogP contribution is 2.07. The first-order chi connectivity index (χ1) is 6.86. The van der Waals surface area contributed by atoms with Crippen molar-refractivity contribution in [3.05, 3.63) is 0 Å². The second-order valence-electron chi connectivity index (χ2n) is 3.60. The summed E-state index contributed by atoms with van der Waals surface area (Å²) in [5.41, 5.74) is 0. The van der Waals surface area contributed by atoms with E-state index in [2.05, 4.69) is 5.32 Å². The standard InChI is InChI=1S/C9H16N2O3/c12-9(11-3-5-13-6-4-11)14-8-1-2-10-7-8/h8,10H,1-7H2/t8-/m0/s1. The molecule has 0 aromatic rings. The molecular weight excluding hydrogens is 184 g/mol. The van der Waals surface area contributed by atoms with Gasteiger partial charge in [0.05, 0.1) is 13.2 Å². The van der Waals surface area contributed by atoms with Gasteiger partial charge < -0.3 is 19.7 Å². The lowest BCUT2D eigenvalue weighted by atomic mass is 10.3. The van der Waals surface area contributed by atoms with Crippen molar-refractivity contribution in [1.82, 2.24) is 10.2 Å². The van der Waals surface area contributed by atoms with Crippen LogP contribution in [0.25, 0.3) is 0 Å². The molecule has 0 bridgehead atoms. The van der Waals surface area contributed by atoms with Gasteiger partial charge in [0.1, 0.15) is 6.10 Å². The lowest BCUT2D eigenvalue weighted by molar-refractivity contribution is 0.0157. The predicted molar refractivity (Wildman–Crippen MR) is 50.1 cm³/mol. The molecule has 2 heterocycles. The molecule has 0 saturated carbocycles. The minimum Gasteiger partial charge on any atom is -0.445 e. The number of hydrogen-bond acceptors (Lipinski definition) is 4. The van der Waals surface area contributed by atoms with Gasteiger partial charge in [0.2, 0.25) is 0 Å². The van der Waals surface area contributed by atoms with Crippen molar-refractivity contribution >= 4 is 6.09 Å². The monoisotopic (exact) mass is 200 g/mol. The Labute approximate surface area is 83.3 Å². The number of nitrogens with zero attached hydrogens (tertiary/aromatic N) is 1. The first-order valence-corrected chi connectivity index (χ1v) is 5.10. The molecule has 0 aromatic heterocycles. The van der Waals surface area contributed by atoms with Crippen LogP contribution < -0.4 is 5.32 Å². The fourth-order valence-electron chi connectivity index (χ4n) is 1.69. The maximum Gasteiger partial charge on any atom is 0.410 e. The molecule has 0 radical (unpaired) electrons. The first-order valence-electron chi connectivity index (χ1n) is 5.10. The third-order valence-electron chi connectivity index (χ3n) is 2.55. The number of hydrogen-bond donors (Lipinski definition) is 1. The molecule has 2 saturated heterocycles. The van der Waals surface area contributed by atoms with Crippen LogP contribution in [0.2, 0.25) is 0 Å². The van der Waals surface area contributed by atoms with E-state index in [9.17, 15) is 4.79 Å². The lowest BCUT2D eigenvalue weighted by Gasteiger charge is -2.27. The molecule has 14 heavy (non-hydrogen) atoms. The maximum absolute atomic E-state index is 11.6. The Bertz CT molecular complexity index is 198. The van der Waals surface area contributed by atoms with Crippen molar-refractivity contribution in [2.24, 2.45) is 0 Å². The van der Waals surface area contributed by atoms with Gasteiger partial charge in [-0.2, -0.15) is 0 Å². The van der Waals surface area contributed by atoms with Crippen LogP contribution in [0.5, 0.6) is 0 Å². The second kappa shape index (κ2) is 4.61. The van der Waals surface area contributed by atoms with Crippen LogP contribution in [0.4, 0.5) is 4.79 Å². The van der Waals surface area contributed by atoms with E-state index in [4.69, 9.17) is 9.47 Å². The summed E-state index contributed by atoms with van der Waals surface area (Å²) in [6.45, 7) is 4.28. The number of ether oxygens (including phenoxy) is 2. The fraction of sp³-hybridized carbons (Fsp3) is 0.889. The van der Waals surface area contributed by atoms with E-state index in [1.54, 1.807) is 4.90 Å². The van der Waals surface area contributed by atoms with Gasteiger partial charge >= 0.3 is 6.09 Å². The molecule has 1 amide bonds. The van der Waals surface area contributed by atoms with E-state index in [1.165, 1.54) is 0 Å². The van der Waals surface area contributed by atoms with Gasteiger partial charge in [0, 0.05) is 19.6 Å². The Morgan fingerprint density at radius 2 is 2.21 bits per heavy atom. The summed E-state index contributed by atoms with van der Waals surface area (Å²) in [5.74, 6) is 0. The van der Waals surface area contributed by atoms with Crippen molar-refractivity contribution in [3.8, 4) is 0 Å². The quantitative estimate of drug-likeness (QED) is 0.638. The molecule has 0 spiro atoms. The summed E-state index contributed by atoms with van der Waals surface area (Å²) in [5, 5.41) is 3.16. The average molecular weight is 200 g/mol. The van der Waals surface area contributed by atoms with E-state index in [0.29, 0.717) is 26.3 Å². The Hall–Kier alpha value is -0.810. The SMILES string of the molecule is O=C(O[C@H]1CCNC1)N1CCOCC1.